The maximum absolute atomic E-state index is 12.7. The molecule has 1 N–H and O–H groups in total. The molecule has 0 radical (unpaired) electrons. The Bertz CT molecular complexity index is 853. The van der Waals surface area contributed by atoms with Gasteiger partial charge in [-0.25, -0.2) is 0 Å². The number of carbonyl (C=O) groups is 1. The smallest absolute Gasteiger partial charge is 0.167 e. The zero-order valence-electron chi connectivity index (χ0n) is 15.6. The molecule has 0 spiro atoms. The first-order valence-electron chi connectivity index (χ1n) is 8.66. The SMILES string of the molecule is COc1cc(CC(=O)c2ccc3c(c2)C=CC(C)(C)O3)cc(CO)c1C. The number of benzene rings is 2. The first kappa shape index (κ1) is 18.2. The van der Waals surface area contributed by atoms with Crippen molar-refractivity contribution in [1.82, 2.24) is 0 Å². The molecule has 1 aliphatic rings. The van der Waals surface area contributed by atoms with Gasteiger partial charge in [-0.2, -0.15) is 0 Å². The van der Waals surface area contributed by atoms with Gasteiger partial charge in [0.05, 0.1) is 13.7 Å². The Hall–Kier alpha value is -2.59. The van der Waals surface area contributed by atoms with E-state index in [1.165, 1.54) is 0 Å². The summed E-state index contributed by atoms with van der Waals surface area (Å²) in [5.74, 6) is 1.48. The zero-order valence-corrected chi connectivity index (χ0v) is 15.6. The van der Waals surface area contributed by atoms with Crippen LogP contribution in [0.3, 0.4) is 0 Å². The number of ketones is 1. The summed E-state index contributed by atoms with van der Waals surface area (Å²) in [6.45, 7) is 5.80. The van der Waals surface area contributed by atoms with E-state index in [1.54, 1.807) is 13.2 Å². The summed E-state index contributed by atoms with van der Waals surface area (Å²) < 4.78 is 11.3. The van der Waals surface area contributed by atoms with Crippen molar-refractivity contribution in [3.8, 4) is 11.5 Å². The molecule has 0 aliphatic carbocycles. The molecular weight excluding hydrogens is 328 g/mol. The summed E-state index contributed by atoms with van der Waals surface area (Å²) in [6.07, 6.45) is 4.23. The van der Waals surface area contributed by atoms with E-state index < -0.39 is 0 Å². The lowest BCUT2D eigenvalue weighted by molar-refractivity contribution is 0.0992. The molecule has 1 heterocycles. The van der Waals surface area contributed by atoms with Crippen LogP contribution < -0.4 is 9.47 Å². The second-order valence-corrected chi connectivity index (χ2v) is 7.13. The molecule has 3 rings (SSSR count). The highest BCUT2D eigenvalue weighted by atomic mass is 16.5. The largest absolute Gasteiger partial charge is 0.496 e. The lowest BCUT2D eigenvalue weighted by Crippen LogP contribution is -2.27. The van der Waals surface area contributed by atoms with Crippen LogP contribution in [0.15, 0.2) is 36.4 Å². The van der Waals surface area contributed by atoms with Crippen molar-refractivity contribution >= 4 is 11.9 Å². The third-order valence-corrected chi connectivity index (χ3v) is 4.65. The average Bonchev–Trinajstić information content (AvgIpc) is 2.61. The molecule has 0 saturated heterocycles. The standard InChI is InChI=1S/C22H24O4/c1-14-18(13-23)9-15(11-21(14)25-4)10-19(24)16-5-6-20-17(12-16)7-8-22(2,3)26-20/h5-9,11-12,23H,10,13H2,1-4H3. The molecule has 4 heteroatoms. The second kappa shape index (κ2) is 6.96. The number of ether oxygens (including phenoxy) is 2. The summed E-state index contributed by atoms with van der Waals surface area (Å²) in [4.78, 5) is 12.7. The highest BCUT2D eigenvalue weighted by molar-refractivity contribution is 5.98. The molecule has 0 amide bonds. The van der Waals surface area contributed by atoms with E-state index in [4.69, 9.17) is 9.47 Å². The Morgan fingerprint density at radius 1 is 1.23 bits per heavy atom. The molecule has 0 bridgehead atoms. The monoisotopic (exact) mass is 352 g/mol. The van der Waals surface area contributed by atoms with Crippen LogP contribution in [0.4, 0.5) is 0 Å². The number of aliphatic hydroxyl groups is 1. The normalized spacial score (nSPS) is 14.5. The first-order chi connectivity index (χ1) is 12.3. The van der Waals surface area contributed by atoms with Gasteiger partial charge >= 0.3 is 0 Å². The second-order valence-electron chi connectivity index (χ2n) is 7.13. The predicted molar refractivity (Wildman–Crippen MR) is 102 cm³/mol. The zero-order chi connectivity index (χ0) is 18.9. The highest BCUT2D eigenvalue weighted by Crippen LogP contribution is 2.32. The fourth-order valence-corrected chi connectivity index (χ4v) is 3.13. The number of carbonyl (C=O) groups excluding carboxylic acids is 1. The summed E-state index contributed by atoms with van der Waals surface area (Å²) in [6, 6.07) is 9.23. The van der Waals surface area contributed by atoms with Gasteiger partial charge in [0.2, 0.25) is 0 Å². The lowest BCUT2D eigenvalue weighted by atomic mass is 9.96. The van der Waals surface area contributed by atoms with E-state index >= 15 is 0 Å². The van der Waals surface area contributed by atoms with Crippen molar-refractivity contribution in [2.75, 3.05) is 7.11 Å². The molecule has 0 unspecified atom stereocenters. The van der Waals surface area contributed by atoms with Crippen molar-refractivity contribution in [1.29, 1.82) is 0 Å². The van der Waals surface area contributed by atoms with Gasteiger partial charge in [-0.1, -0.05) is 12.1 Å². The first-order valence-corrected chi connectivity index (χ1v) is 8.66. The van der Waals surface area contributed by atoms with Crippen LogP contribution in [0.1, 0.15) is 46.5 Å². The summed E-state index contributed by atoms with van der Waals surface area (Å²) in [5, 5.41) is 9.53. The van der Waals surface area contributed by atoms with Crippen LogP contribution in [-0.2, 0) is 13.0 Å². The van der Waals surface area contributed by atoms with Gasteiger partial charge in [-0.3, -0.25) is 4.79 Å². The maximum atomic E-state index is 12.7. The van der Waals surface area contributed by atoms with Gasteiger partial charge in [0.1, 0.15) is 17.1 Å². The highest BCUT2D eigenvalue weighted by Gasteiger charge is 2.22. The number of rotatable bonds is 5. The lowest BCUT2D eigenvalue weighted by Gasteiger charge is -2.27. The minimum Gasteiger partial charge on any atom is -0.496 e. The summed E-state index contributed by atoms with van der Waals surface area (Å²) in [7, 11) is 1.59. The Kier molecular flexibility index (Phi) is 4.88. The topological polar surface area (TPSA) is 55.8 Å². The Balaban J connectivity index is 1.85. The minimum atomic E-state index is -0.336. The number of methoxy groups -OCH3 is 1. The molecule has 0 fully saturated rings. The van der Waals surface area contributed by atoms with Gasteiger partial charge in [-0.05, 0) is 67.8 Å². The fraction of sp³-hybridized carbons (Fsp3) is 0.318. The minimum absolute atomic E-state index is 0.0147. The third kappa shape index (κ3) is 3.65. The van der Waals surface area contributed by atoms with Crippen LogP contribution in [0.5, 0.6) is 11.5 Å². The van der Waals surface area contributed by atoms with Crippen LogP contribution >= 0.6 is 0 Å². The van der Waals surface area contributed by atoms with E-state index in [0.29, 0.717) is 11.3 Å². The number of hydrogen-bond donors (Lipinski definition) is 1. The van der Waals surface area contributed by atoms with Crippen molar-refractivity contribution in [2.45, 2.75) is 39.4 Å². The van der Waals surface area contributed by atoms with E-state index in [-0.39, 0.29) is 24.4 Å². The molecule has 2 aromatic carbocycles. The van der Waals surface area contributed by atoms with E-state index in [1.807, 2.05) is 57.2 Å². The number of fused-ring (bicyclic) bond motifs is 1. The van der Waals surface area contributed by atoms with Gasteiger partial charge < -0.3 is 14.6 Å². The van der Waals surface area contributed by atoms with Gasteiger partial charge in [-0.15, -0.1) is 0 Å². The fourth-order valence-electron chi connectivity index (χ4n) is 3.13. The maximum Gasteiger partial charge on any atom is 0.167 e. The van der Waals surface area contributed by atoms with E-state index in [0.717, 1.165) is 28.0 Å². The van der Waals surface area contributed by atoms with Crippen LogP contribution in [0, 0.1) is 6.92 Å². The van der Waals surface area contributed by atoms with Crippen LogP contribution in [0.2, 0.25) is 0 Å². The molecule has 26 heavy (non-hydrogen) atoms. The molecule has 0 saturated carbocycles. The van der Waals surface area contributed by atoms with Crippen molar-refractivity contribution in [2.24, 2.45) is 0 Å². The Labute approximate surface area is 154 Å². The number of hydrogen-bond acceptors (Lipinski definition) is 4. The van der Waals surface area contributed by atoms with Crippen molar-refractivity contribution in [3.63, 3.8) is 0 Å². The quantitative estimate of drug-likeness (QED) is 0.823. The molecule has 136 valence electrons. The van der Waals surface area contributed by atoms with E-state index in [2.05, 4.69) is 0 Å². The molecule has 1 aliphatic heterocycles. The molecular formula is C22H24O4. The summed E-state index contributed by atoms with van der Waals surface area (Å²) in [5.41, 5.74) is 3.71. The number of Topliss-reactive ketones (excluding diaryl/α,β-unsaturated/α-hetero) is 1. The molecule has 2 aromatic rings. The Morgan fingerprint density at radius 2 is 2.00 bits per heavy atom. The van der Waals surface area contributed by atoms with Gasteiger partial charge in [0.15, 0.2) is 5.78 Å². The van der Waals surface area contributed by atoms with Crippen molar-refractivity contribution in [3.05, 3.63) is 64.2 Å². The Morgan fingerprint density at radius 3 is 2.69 bits per heavy atom. The molecule has 0 aromatic heterocycles. The number of aliphatic hydroxyl groups excluding tert-OH is 1. The average molecular weight is 352 g/mol. The van der Waals surface area contributed by atoms with Crippen molar-refractivity contribution < 1.29 is 19.4 Å². The predicted octanol–water partition coefficient (Wildman–Crippen LogP) is 4.11. The molecule has 0 atom stereocenters. The molecule has 4 nitrogen and oxygen atoms in total. The van der Waals surface area contributed by atoms with Crippen LogP contribution in [-0.4, -0.2) is 23.6 Å². The van der Waals surface area contributed by atoms with E-state index in [9.17, 15) is 9.90 Å². The van der Waals surface area contributed by atoms with Gasteiger partial charge in [0, 0.05) is 17.5 Å². The summed E-state index contributed by atoms with van der Waals surface area (Å²) >= 11 is 0. The van der Waals surface area contributed by atoms with Crippen LogP contribution in [0.25, 0.3) is 6.08 Å². The third-order valence-electron chi connectivity index (χ3n) is 4.65. The van der Waals surface area contributed by atoms with Gasteiger partial charge in [0.25, 0.3) is 0 Å².